The van der Waals surface area contributed by atoms with Gasteiger partial charge in [0.25, 0.3) is 0 Å². The van der Waals surface area contributed by atoms with Crippen molar-refractivity contribution in [1.82, 2.24) is 14.7 Å². The second kappa shape index (κ2) is 10.3. The van der Waals surface area contributed by atoms with E-state index in [-0.39, 0.29) is 5.54 Å². The molecule has 0 amide bonds. The molecule has 1 aromatic rings. The van der Waals surface area contributed by atoms with Crippen LogP contribution in [0.15, 0.2) is 34.7 Å². The van der Waals surface area contributed by atoms with Crippen molar-refractivity contribution in [2.24, 2.45) is 22.8 Å². The molecule has 3 rings (SSSR count). The number of nitrogens with zero attached hydrogens (tertiary/aromatic N) is 6. The number of hydrogen-bond acceptors (Lipinski definition) is 7. The van der Waals surface area contributed by atoms with Gasteiger partial charge in [0.05, 0.1) is 11.9 Å². The number of piperidine rings is 1. The van der Waals surface area contributed by atoms with Crippen LogP contribution in [0.25, 0.3) is 0 Å². The SMILES string of the molecule is C=N/C=C\C(=NCN(SC1CCOCC1)c1cnn(C)c1)N1CCC(C)(N)CC1. The van der Waals surface area contributed by atoms with Gasteiger partial charge in [0.1, 0.15) is 12.5 Å². The molecule has 0 saturated carbocycles. The Morgan fingerprint density at radius 2 is 2.17 bits per heavy atom. The first-order valence-corrected chi connectivity index (χ1v) is 11.0. The minimum atomic E-state index is -0.0946. The van der Waals surface area contributed by atoms with Crippen LogP contribution in [0.4, 0.5) is 5.69 Å². The van der Waals surface area contributed by atoms with Gasteiger partial charge in [-0.2, -0.15) is 5.10 Å². The van der Waals surface area contributed by atoms with Crippen molar-refractivity contribution in [3.63, 3.8) is 0 Å². The van der Waals surface area contributed by atoms with Crippen LogP contribution in [-0.2, 0) is 11.8 Å². The second-order valence-corrected chi connectivity index (χ2v) is 9.28. The Morgan fingerprint density at radius 1 is 1.45 bits per heavy atom. The van der Waals surface area contributed by atoms with E-state index in [0.717, 1.165) is 63.5 Å². The Labute approximate surface area is 178 Å². The predicted molar refractivity (Wildman–Crippen MR) is 122 cm³/mol. The van der Waals surface area contributed by atoms with Crippen molar-refractivity contribution in [3.8, 4) is 0 Å². The van der Waals surface area contributed by atoms with Gasteiger partial charge >= 0.3 is 0 Å². The van der Waals surface area contributed by atoms with Crippen LogP contribution in [0, 0.1) is 0 Å². The lowest BCUT2D eigenvalue weighted by atomic mass is 9.91. The molecular formula is C20H33N7OS. The highest BCUT2D eigenvalue weighted by atomic mass is 32.2. The van der Waals surface area contributed by atoms with Gasteiger partial charge in [-0.25, -0.2) is 4.99 Å². The van der Waals surface area contributed by atoms with Gasteiger partial charge < -0.3 is 15.4 Å². The third-order valence-corrected chi connectivity index (χ3v) is 6.69. The zero-order valence-electron chi connectivity index (χ0n) is 17.5. The lowest BCUT2D eigenvalue weighted by Crippen LogP contribution is -2.49. The Balaban J connectivity index is 1.74. The Kier molecular flexibility index (Phi) is 7.74. The van der Waals surface area contributed by atoms with E-state index in [1.807, 2.05) is 42.1 Å². The summed E-state index contributed by atoms with van der Waals surface area (Å²) in [6.45, 7) is 9.66. The molecule has 2 fully saturated rings. The summed E-state index contributed by atoms with van der Waals surface area (Å²) in [5, 5.41) is 4.87. The lowest BCUT2D eigenvalue weighted by molar-refractivity contribution is 0.1000. The summed E-state index contributed by atoms with van der Waals surface area (Å²) >= 11 is 1.84. The Hall–Kier alpha value is -1.84. The third-order valence-electron chi connectivity index (χ3n) is 5.34. The van der Waals surface area contributed by atoms with E-state index < -0.39 is 0 Å². The van der Waals surface area contributed by atoms with Crippen molar-refractivity contribution in [2.45, 2.75) is 43.4 Å². The highest BCUT2D eigenvalue weighted by Crippen LogP contribution is 2.30. The summed E-state index contributed by atoms with van der Waals surface area (Å²) in [5.74, 6) is 0.925. The molecular weight excluding hydrogens is 386 g/mol. The number of hydrogen-bond donors (Lipinski definition) is 1. The lowest BCUT2D eigenvalue weighted by Gasteiger charge is -2.38. The molecule has 9 heteroatoms. The van der Waals surface area contributed by atoms with Gasteiger partial charge in [-0.1, -0.05) is 0 Å². The molecule has 0 unspecified atom stereocenters. The third kappa shape index (κ3) is 6.58. The van der Waals surface area contributed by atoms with E-state index in [1.54, 1.807) is 6.20 Å². The van der Waals surface area contributed by atoms with E-state index in [1.165, 1.54) is 0 Å². The molecule has 0 aliphatic carbocycles. The molecule has 0 atom stereocenters. The summed E-state index contributed by atoms with van der Waals surface area (Å²) < 4.78 is 9.57. The number of aromatic nitrogens is 2. The summed E-state index contributed by atoms with van der Waals surface area (Å²) in [7, 11) is 1.94. The van der Waals surface area contributed by atoms with Crippen molar-refractivity contribution < 1.29 is 4.74 Å². The number of aryl methyl sites for hydroxylation is 1. The van der Waals surface area contributed by atoms with Crippen LogP contribution in [0.1, 0.15) is 32.6 Å². The molecule has 1 aromatic heterocycles. The second-order valence-electron chi connectivity index (χ2n) is 7.96. The fraction of sp³-hybridized carbons (Fsp3) is 0.650. The minimum absolute atomic E-state index is 0.0946. The Morgan fingerprint density at radius 3 is 2.79 bits per heavy atom. The average Bonchev–Trinajstić information content (AvgIpc) is 3.14. The number of rotatable bonds is 7. The standard InChI is InChI=1S/C20H33N7OS/c1-20(21)7-10-26(11-8-20)19(4-9-22-2)23-16-27(17-14-24-25(3)15-17)29-18-5-12-28-13-6-18/h4,9,14-15,18H,2,5-8,10-13,16,21H2,1,3H3/b9-4-,23-19?. The van der Waals surface area contributed by atoms with Gasteiger partial charge in [0.2, 0.25) is 0 Å². The van der Waals surface area contributed by atoms with Crippen LogP contribution in [0.3, 0.4) is 0 Å². The number of ether oxygens (including phenoxy) is 1. The summed E-state index contributed by atoms with van der Waals surface area (Å²) in [6, 6.07) is 0. The van der Waals surface area contributed by atoms with Crippen LogP contribution < -0.4 is 10.0 Å². The minimum Gasteiger partial charge on any atom is -0.381 e. The molecule has 0 bridgehead atoms. The van der Waals surface area contributed by atoms with E-state index in [9.17, 15) is 0 Å². The number of likely N-dealkylation sites (tertiary alicyclic amines) is 1. The average molecular weight is 420 g/mol. The quantitative estimate of drug-likeness (QED) is 0.415. The molecule has 0 spiro atoms. The van der Waals surface area contributed by atoms with Crippen molar-refractivity contribution in [2.75, 3.05) is 37.3 Å². The molecule has 2 aliphatic rings. The molecule has 2 saturated heterocycles. The van der Waals surface area contributed by atoms with Crippen LogP contribution >= 0.6 is 11.9 Å². The van der Waals surface area contributed by atoms with E-state index in [2.05, 4.69) is 32.9 Å². The van der Waals surface area contributed by atoms with Crippen molar-refractivity contribution in [3.05, 3.63) is 24.7 Å². The molecule has 0 aromatic carbocycles. The van der Waals surface area contributed by atoms with Gasteiger partial charge in [0.15, 0.2) is 0 Å². The van der Waals surface area contributed by atoms with Crippen molar-refractivity contribution >= 4 is 30.2 Å². The fourth-order valence-electron chi connectivity index (χ4n) is 3.44. The first kappa shape index (κ1) is 21.9. The summed E-state index contributed by atoms with van der Waals surface area (Å²) in [4.78, 5) is 11.1. The van der Waals surface area contributed by atoms with E-state index in [0.29, 0.717) is 11.9 Å². The molecule has 160 valence electrons. The molecule has 2 N–H and O–H groups in total. The normalized spacial score (nSPS) is 20.9. The predicted octanol–water partition coefficient (Wildman–Crippen LogP) is 2.44. The largest absolute Gasteiger partial charge is 0.381 e. The fourth-order valence-corrected chi connectivity index (χ4v) is 4.54. The van der Waals surface area contributed by atoms with Gasteiger partial charge in [-0.3, -0.25) is 14.0 Å². The summed E-state index contributed by atoms with van der Waals surface area (Å²) in [6.07, 6.45) is 11.6. The molecule has 2 aliphatic heterocycles. The molecule has 3 heterocycles. The maximum atomic E-state index is 6.30. The zero-order chi connectivity index (χ0) is 20.7. The summed E-state index contributed by atoms with van der Waals surface area (Å²) in [5.41, 5.74) is 7.27. The van der Waals surface area contributed by atoms with Gasteiger partial charge in [-0.15, -0.1) is 0 Å². The number of nitrogens with two attached hydrogens (primary N) is 1. The number of amidine groups is 1. The first-order valence-electron chi connectivity index (χ1n) is 10.2. The topological polar surface area (TPSA) is 84.3 Å². The van der Waals surface area contributed by atoms with Gasteiger partial charge in [-0.05, 0) is 57.3 Å². The van der Waals surface area contributed by atoms with E-state index in [4.69, 9.17) is 15.5 Å². The first-order chi connectivity index (χ1) is 14.0. The monoisotopic (exact) mass is 419 g/mol. The molecule has 0 radical (unpaired) electrons. The van der Waals surface area contributed by atoms with Crippen LogP contribution in [0.5, 0.6) is 0 Å². The van der Waals surface area contributed by atoms with Crippen LogP contribution in [0.2, 0.25) is 0 Å². The maximum absolute atomic E-state index is 6.30. The highest BCUT2D eigenvalue weighted by Gasteiger charge is 2.27. The highest BCUT2D eigenvalue weighted by molar-refractivity contribution is 8.01. The maximum Gasteiger partial charge on any atom is 0.127 e. The van der Waals surface area contributed by atoms with Gasteiger partial charge in [0, 0.05) is 56.5 Å². The molecule has 8 nitrogen and oxygen atoms in total. The Bertz CT molecular complexity index is 714. The zero-order valence-corrected chi connectivity index (χ0v) is 18.4. The smallest absolute Gasteiger partial charge is 0.127 e. The van der Waals surface area contributed by atoms with E-state index >= 15 is 0 Å². The number of anilines is 1. The van der Waals surface area contributed by atoms with Crippen molar-refractivity contribution in [1.29, 1.82) is 0 Å². The van der Waals surface area contributed by atoms with Crippen LogP contribution in [-0.4, -0.2) is 71.0 Å². The molecule has 29 heavy (non-hydrogen) atoms. The number of aliphatic imine (C=N–C) groups is 2.